The van der Waals surface area contributed by atoms with Crippen LogP contribution in [0.3, 0.4) is 0 Å². The Morgan fingerprint density at radius 3 is 2.85 bits per heavy atom. The molecule has 2 unspecified atom stereocenters. The maximum atomic E-state index is 13.0. The lowest BCUT2D eigenvalue weighted by molar-refractivity contribution is -0.116. The van der Waals surface area contributed by atoms with Crippen molar-refractivity contribution in [1.82, 2.24) is 5.32 Å². The van der Waals surface area contributed by atoms with E-state index in [4.69, 9.17) is 0 Å². The van der Waals surface area contributed by atoms with Gasteiger partial charge in [-0.1, -0.05) is 19.4 Å². The van der Waals surface area contributed by atoms with Crippen LogP contribution in [0.4, 0.5) is 10.1 Å². The van der Waals surface area contributed by atoms with Crippen molar-refractivity contribution in [3.63, 3.8) is 0 Å². The highest BCUT2D eigenvalue weighted by atomic mass is 19.1. The van der Waals surface area contributed by atoms with Gasteiger partial charge in [0.05, 0.1) is 6.10 Å². The summed E-state index contributed by atoms with van der Waals surface area (Å²) in [5.41, 5.74) is 0.452. The Morgan fingerprint density at radius 2 is 2.20 bits per heavy atom. The summed E-state index contributed by atoms with van der Waals surface area (Å²) in [6.45, 7) is 4.37. The Labute approximate surface area is 119 Å². The largest absolute Gasteiger partial charge is 0.392 e. The van der Waals surface area contributed by atoms with Gasteiger partial charge in [0.1, 0.15) is 5.82 Å². The third kappa shape index (κ3) is 6.63. The van der Waals surface area contributed by atoms with E-state index in [2.05, 4.69) is 10.6 Å². The van der Waals surface area contributed by atoms with Crippen molar-refractivity contribution >= 4 is 11.6 Å². The van der Waals surface area contributed by atoms with E-state index in [0.29, 0.717) is 12.2 Å². The van der Waals surface area contributed by atoms with Crippen molar-refractivity contribution in [3.05, 3.63) is 30.1 Å². The molecule has 0 saturated heterocycles. The summed E-state index contributed by atoms with van der Waals surface area (Å²) in [7, 11) is 0. The van der Waals surface area contributed by atoms with E-state index < -0.39 is 0 Å². The van der Waals surface area contributed by atoms with Gasteiger partial charge in [0.25, 0.3) is 0 Å². The number of anilines is 1. The Bertz CT molecular complexity index is 426. The highest BCUT2D eigenvalue weighted by molar-refractivity contribution is 5.91. The van der Waals surface area contributed by atoms with Gasteiger partial charge in [-0.05, 0) is 31.5 Å². The van der Waals surface area contributed by atoms with E-state index in [1.54, 1.807) is 12.1 Å². The lowest BCUT2D eigenvalue weighted by Gasteiger charge is -2.16. The first-order valence-corrected chi connectivity index (χ1v) is 6.98. The summed E-state index contributed by atoms with van der Waals surface area (Å²) in [5.74, 6) is -0.558. The summed E-state index contributed by atoms with van der Waals surface area (Å²) in [6.07, 6.45) is 1.57. The highest BCUT2D eigenvalue weighted by Crippen LogP contribution is 2.09. The van der Waals surface area contributed by atoms with Gasteiger partial charge in [-0.3, -0.25) is 4.79 Å². The van der Waals surface area contributed by atoms with Crippen LogP contribution in [0.1, 0.15) is 33.1 Å². The molecule has 0 heterocycles. The second-order valence-corrected chi connectivity index (χ2v) is 5.01. The van der Waals surface area contributed by atoms with Gasteiger partial charge >= 0.3 is 0 Å². The fraction of sp³-hybridized carbons (Fsp3) is 0.533. The first-order valence-electron chi connectivity index (χ1n) is 6.98. The van der Waals surface area contributed by atoms with Crippen LogP contribution >= 0.6 is 0 Å². The molecule has 0 fully saturated rings. The zero-order valence-corrected chi connectivity index (χ0v) is 12.0. The monoisotopic (exact) mass is 282 g/mol. The Hall–Kier alpha value is -1.46. The summed E-state index contributed by atoms with van der Waals surface area (Å²) in [4.78, 5) is 11.8. The molecule has 2 atom stereocenters. The summed E-state index contributed by atoms with van der Waals surface area (Å²) < 4.78 is 13.0. The molecule has 112 valence electrons. The van der Waals surface area contributed by atoms with Crippen molar-refractivity contribution in [3.8, 4) is 0 Å². The number of aliphatic hydroxyl groups excluding tert-OH is 1. The van der Waals surface area contributed by atoms with Crippen molar-refractivity contribution in [2.45, 2.75) is 45.3 Å². The zero-order valence-electron chi connectivity index (χ0n) is 12.0. The fourth-order valence-corrected chi connectivity index (χ4v) is 1.90. The van der Waals surface area contributed by atoms with E-state index in [0.717, 1.165) is 12.8 Å². The highest BCUT2D eigenvalue weighted by Gasteiger charge is 2.11. The number of hydrogen-bond acceptors (Lipinski definition) is 3. The molecule has 0 spiro atoms. The number of rotatable bonds is 8. The smallest absolute Gasteiger partial charge is 0.225 e. The summed E-state index contributed by atoms with van der Waals surface area (Å²) in [5, 5.41) is 15.3. The van der Waals surface area contributed by atoms with Crippen molar-refractivity contribution in [1.29, 1.82) is 0 Å². The minimum atomic E-state index is -0.381. The van der Waals surface area contributed by atoms with Crippen molar-refractivity contribution in [2.75, 3.05) is 11.9 Å². The van der Waals surface area contributed by atoms with E-state index in [1.165, 1.54) is 12.1 Å². The van der Waals surface area contributed by atoms with Crippen LogP contribution in [-0.4, -0.2) is 29.7 Å². The summed E-state index contributed by atoms with van der Waals surface area (Å²) in [6, 6.07) is 5.75. The number of benzene rings is 1. The molecule has 0 aliphatic rings. The maximum absolute atomic E-state index is 13.0. The number of amides is 1. The molecule has 0 saturated carbocycles. The van der Waals surface area contributed by atoms with Gasteiger partial charge in [0.15, 0.2) is 0 Å². The van der Waals surface area contributed by atoms with Crippen LogP contribution in [-0.2, 0) is 4.79 Å². The molecule has 0 aromatic heterocycles. The Morgan fingerprint density at radius 1 is 1.45 bits per heavy atom. The van der Waals surface area contributed by atoms with E-state index in [1.807, 2.05) is 13.8 Å². The molecular formula is C15H23FN2O2. The SMILES string of the molecule is CCCC(O)CNC(C)CC(=O)Nc1cccc(F)c1. The van der Waals surface area contributed by atoms with Crippen LogP contribution in [0.15, 0.2) is 24.3 Å². The van der Waals surface area contributed by atoms with Gasteiger partial charge in [-0.2, -0.15) is 0 Å². The average molecular weight is 282 g/mol. The molecule has 20 heavy (non-hydrogen) atoms. The molecule has 1 amide bonds. The molecule has 0 radical (unpaired) electrons. The number of carbonyl (C=O) groups excluding carboxylic acids is 1. The molecule has 1 aromatic rings. The predicted octanol–water partition coefficient (Wildman–Crippen LogP) is 2.29. The van der Waals surface area contributed by atoms with Crippen molar-refractivity contribution in [2.24, 2.45) is 0 Å². The lowest BCUT2D eigenvalue weighted by Crippen LogP contribution is -2.36. The van der Waals surface area contributed by atoms with Gasteiger partial charge in [0.2, 0.25) is 5.91 Å². The van der Waals surface area contributed by atoms with Gasteiger partial charge in [-0.15, -0.1) is 0 Å². The first kappa shape index (κ1) is 16.6. The number of halogens is 1. The Kier molecular flexibility index (Phi) is 7.18. The van der Waals surface area contributed by atoms with Crippen LogP contribution in [0, 0.1) is 5.82 Å². The second-order valence-electron chi connectivity index (χ2n) is 5.01. The number of nitrogens with one attached hydrogen (secondary N) is 2. The van der Waals surface area contributed by atoms with Crippen LogP contribution < -0.4 is 10.6 Å². The number of aliphatic hydroxyl groups is 1. The van der Waals surface area contributed by atoms with E-state index >= 15 is 0 Å². The van der Waals surface area contributed by atoms with E-state index in [9.17, 15) is 14.3 Å². The quantitative estimate of drug-likeness (QED) is 0.685. The van der Waals surface area contributed by atoms with Crippen LogP contribution in [0.5, 0.6) is 0 Å². The van der Waals surface area contributed by atoms with E-state index in [-0.39, 0.29) is 30.3 Å². The Balaban J connectivity index is 2.31. The van der Waals surface area contributed by atoms with Crippen LogP contribution in [0.25, 0.3) is 0 Å². The van der Waals surface area contributed by atoms with Gasteiger partial charge < -0.3 is 15.7 Å². The molecule has 0 aliphatic carbocycles. The molecule has 1 rings (SSSR count). The summed E-state index contributed by atoms with van der Waals surface area (Å²) >= 11 is 0. The maximum Gasteiger partial charge on any atom is 0.225 e. The minimum Gasteiger partial charge on any atom is -0.392 e. The molecule has 5 heteroatoms. The normalized spacial score (nSPS) is 13.8. The molecule has 4 nitrogen and oxygen atoms in total. The van der Waals surface area contributed by atoms with Crippen molar-refractivity contribution < 1.29 is 14.3 Å². The molecule has 3 N–H and O–H groups in total. The van der Waals surface area contributed by atoms with Gasteiger partial charge in [0, 0.05) is 24.7 Å². The average Bonchev–Trinajstić information content (AvgIpc) is 2.36. The molecular weight excluding hydrogens is 259 g/mol. The molecule has 0 aliphatic heterocycles. The number of hydrogen-bond donors (Lipinski definition) is 3. The minimum absolute atomic E-state index is 0.0462. The fourth-order valence-electron chi connectivity index (χ4n) is 1.90. The molecule has 1 aromatic carbocycles. The standard InChI is InChI=1S/C15H23FN2O2/c1-3-5-14(19)10-17-11(2)8-15(20)18-13-7-4-6-12(16)9-13/h4,6-7,9,11,14,17,19H,3,5,8,10H2,1-2H3,(H,18,20). The first-order chi connectivity index (χ1) is 9.51. The third-order valence-corrected chi connectivity index (χ3v) is 2.92. The zero-order chi connectivity index (χ0) is 15.0. The topological polar surface area (TPSA) is 61.4 Å². The molecule has 0 bridgehead atoms. The second kappa shape index (κ2) is 8.66. The van der Waals surface area contributed by atoms with Crippen LogP contribution in [0.2, 0.25) is 0 Å². The lowest BCUT2D eigenvalue weighted by atomic mass is 10.1. The predicted molar refractivity (Wildman–Crippen MR) is 78.0 cm³/mol. The number of carbonyl (C=O) groups is 1. The van der Waals surface area contributed by atoms with Gasteiger partial charge in [-0.25, -0.2) is 4.39 Å². The third-order valence-electron chi connectivity index (χ3n) is 2.92.